The van der Waals surface area contributed by atoms with E-state index in [0.29, 0.717) is 6.42 Å². The fraction of sp³-hybridized carbons (Fsp3) is 0.143. The molecule has 1 atom stereocenters. The molecule has 1 aromatic carbocycles. The van der Waals surface area contributed by atoms with Crippen molar-refractivity contribution in [3.05, 3.63) is 58.5 Å². The molecule has 0 amide bonds. The van der Waals surface area contributed by atoms with Crippen LogP contribution in [-0.4, -0.2) is 10.7 Å². The Morgan fingerprint density at radius 1 is 1.13 bits per heavy atom. The molecule has 0 radical (unpaired) electrons. The predicted octanol–water partition coefficient (Wildman–Crippen LogP) is 0.879. The summed E-state index contributed by atoms with van der Waals surface area (Å²) in [6.45, 7) is 0. The Bertz CT molecular complexity index is 578. The van der Waals surface area contributed by atoms with Gasteiger partial charge in [0.1, 0.15) is 5.60 Å². The van der Waals surface area contributed by atoms with Crippen molar-refractivity contribution in [2.75, 3.05) is 0 Å². The first kappa shape index (κ1) is 8.69. The molecular formula is C14H12O. The van der Waals surface area contributed by atoms with Gasteiger partial charge in [0.05, 0.1) is 0 Å². The summed E-state index contributed by atoms with van der Waals surface area (Å²) < 4.78 is 0. The minimum absolute atomic E-state index is 0.670. The number of benzene rings is 1. The van der Waals surface area contributed by atoms with Crippen LogP contribution >= 0.6 is 0 Å². The van der Waals surface area contributed by atoms with Crippen LogP contribution in [0.4, 0.5) is 0 Å². The minimum atomic E-state index is -0.789. The van der Waals surface area contributed by atoms with Gasteiger partial charge in [0.2, 0.25) is 0 Å². The summed E-state index contributed by atoms with van der Waals surface area (Å²) in [4.78, 5) is 0. The van der Waals surface area contributed by atoms with E-state index in [1.54, 1.807) is 0 Å². The van der Waals surface area contributed by atoms with E-state index in [0.717, 1.165) is 10.8 Å². The lowest BCUT2D eigenvalue weighted by atomic mass is 9.82. The van der Waals surface area contributed by atoms with Gasteiger partial charge in [0.15, 0.2) is 0 Å². The van der Waals surface area contributed by atoms with Gasteiger partial charge in [-0.15, -0.1) is 0 Å². The summed E-state index contributed by atoms with van der Waals surface area (Å²) in [5, 5.41) is 12.7. The molecule has 1 unspecified atom stereocenters. The Kier molecular flexibility index (Phi) is 1.70. The minimum Gasteiger partial charge on any atom is -0.381 e. The van der Waals surface area contributed by atoms with Gasteiger partial charge in [-0.05, 0) is 28.2 Å². The van der Waals surface area contributed by atoms with Gasteiger partial charge in [-0.3, -0.25) is 0 Å². The van der Waals surface area contributed by atoms with Crippen LogP contribution in [-0.2, 0) is 0 Å². The van der Waals surface area contributed by atoms with E-state index in [-0.39, 0.29) is 0 Å². The Morgan fingerprint density at radius 2 is 1.93 bits per heavy atom. The predicted molar refractivity (Wildman–Crippen MR) is 61.4 cm³/mol. The molecule has 15 heavy (non-hydrogen) atoms. The molecule has 1 aromatic rings. The van der Waals surface area contributed by atoms with Crippen LogP contribution in [0.5, 0.6) is 0 Å². The first-order chi connectivity index (χ1) is 7.28. The summed E-state index contributed by atoms with van der Waals surface area (Å²) in [7, 11) is 0. The topological polar surface area (TPSA) is 20.2 Å². The van der Waals surface area contributed by atoms with Crippen LogP contribution in [0, 0.1) is 0 Å². The SMILES string of the molecule is OC12C=c3ccccc3=CC1=CC=CC2. The average Bonchev–Trinajstić information content (AvgIpc) is 2.25. The molecule has 0 heterocycles. The first-order valence-corrected chi connectivity index (χ1v) is 5.17. The zero-order valence-electron chi connectivity index (χ0n) is 8.35. The number of fused-ring (bicyclic) bond motifs is 2. The summed E-state index contributed by atoms with van der Waals surface area (Å²) >= 11 is 0. The van der Waals surface area contributed by atoms with Crippen molar-refractivity contribution >= 4 is 12.2 Å². The molecule has 0 bridgehead atoms. The molecule has 1 heteroatoms. The van der Waals surface area contributed by atoms with Crippen LogP contribution < -0.4 is 10.4 Å². The molecule has 1 N–H and O–H groups in total. The van der Waals surface area contributed by atoms with Crippen LogP contribution in [0.2, 0.25) is 0 Å². The van der Waals surface area contributed by atoms with Crippen molar-refractivity contribution in [2.45, 2.75) is 12.0 Å². The maximum Gasteiger partial charge on any atom is 0.112 e. The smallest absolute Gasteiger partial charge is 0.112 e. The Balaban J connectivity index is 2.35. The van der Waals surface area contributed by atoms with E-state index in [2.05, 4.69) is 12.1 Å². The lowest BCUT2D eigenvalue weighted by molar-refractivity contribution is 0.153. The summed E-state index contributed by atoms with van der Waals surface area (Å²) in [6.07, 6.45) is 10.7. The molecule has 0 aliphatic heterocycles. The van der Waals surface area contributed by atoms with Crippen molar-refractivity contribution in [2.24, 2.45) is 0 Å². The van der Waals surface area contributed by atoms with Crippen molar-refractivity contribution in [1.82, 2.24) is 0 Å². The standard InChI is InChI=1S/C14H12O/c15-14-8-4-3-7-13(14)9-11-5-1-2-6-12(11)10-14/h1-7,9-10,15H,8H2. The third-order valence-corrected chi connectivity index (χ3v) is 3.04. The lowest BCUT2D eigenvalue weighted by Gasteiger charge is -2.29. The van der Waals surface area contributed by atoms with Crippen molar-refractivity contribution in [1.29, 1.82) is 0 Å². The van der Waals surface area contributed by atoms with E-state index in [1.165, 1.54) is 5.22 Å². The fourth-order valence-electron chi connectivity index (χ4n) is 2.20. The maximum atomic E-state index is 10.4. The lowest BCUT2D eigenvalue weighted by Crippen LogP contribution is -2.40. The molecule has 3 rings (SSSR count). The van der Waals surface area contributed by atoms with Crippen LogP contribution in [0.25, 0.3) is 12.2 Å². The Labute approximate surface area is 88.4 Å². The fourth-order valence-corrected chi connectivity index (χ4v) is 2.20. The Hall–Kier alpha value is -1.60. The summed E-state index contributed by atoms with van der Waals surface area (Å²) in [5.41, 5.74) is 0.201. The third kappa shape index (κ3) is 1.28. The highest BCUT2D eigenvalue weighted by Gasteiger charge is 2.29. The average molecular weight is 196 g/mol. The van der Waals surface area contributed by atoms with Gasteiger partial charge < -0.3 is 5.11 Å². The molecule has 0 saturated carbocycles. The van der Waals surface area contributed by atoms with Crippen LogP contribution in [0.1, 0.15) is 6.42 Å². The van der Waals surface area contributed by atoms with Gasteiger partial charge in [0, 0.05) is 6.42 Å². The molecular weight excluding hydrogens is 184 g/mol. The second kappa shape index (κ2) is 2.94. The summed E-state index contributed by atoms with van der Waals surface area (Å²) in [5.74, 6) is 0. The normalized spacial score (nSPS) is 26.9. The second-order valence-corrected chi connectivity index (χ2v) is 4.10. The van der Waals surface area contributed by atoms with Crippen LogP contribution in [0.3, 0.4) is 0 Å². The molecule has 2 aliphatic rings. The summed E-state index contributed by atoms with van der Waals surface area (Å²) in [6, 6.07) is 8.14. The third-order valence-electron chi connectivity index (χ3n) is 3.04. The van der Waals surface area contributed by atoms with E-state index in [1.807, 2.05) is 42.5 Å². The zero-order valence-corrected chi connectivity index (χ0v) is 8.35. The van der Waals surface area contributed by atoms with Gasteiger partial charge >= 0.3 is 0 Å². The van der Waals surface area contributed by atoms with Crippen molar-refractivity contribution < 1.29 is 5.11 Å². The molecule has 0 aromatic heterocycles. The second-order valence-electron chi connectivity index (χ2n) is 4.10. The van der Waals surface area contributed by atoms with E-state index in [9.17, 15) is 5.11 Å². The maximum absolute atomic E-state index is 10.4. The quantitative estimate of drug-likeness (QED) is 0.653. The van der Waals surface area contributed by atoms with Gasteiger partial charge in [-0.25, -0.2) is 0 Å². The van der Waals surface area contributed by atoms with E-state index in [4.69, 9.17) is 0 Å². The largest absolute Gasteiger partial charge is 0.381 e. The van der Waals surface area contributed by atoms with Crippen molar-refractivity contribution in [3.63, 3.8) is 0 Å². The molecule has 1 nitrogen and oxygen atoms in total. The van der Waals surface area contributed by atoms with Crippen LogP contribution in [0.15, 0.2) is 48.1 Å². The van der Waals surface area contributed by atoms with E-state index >= 15 is 0 Å². The molecule has 0 saturated heterocycles. The number of aliphatic hydroxyl groups is 1. The van der Waals surface area contributed by atoms with E-state index < -0.39 is 5.60 Å². The highest BCUT2D eigenvalue weighted by molar-refractivity contribution is 5.66. The molecule has 2 aliphatic carbocycles. The molecule has 74 valence electrons. The number of allylic oxidation sites excluding steroid dienone is 2. The van der Waals surface area contributed by atoms with Gasteiger partial charge in [-0.2, -0.15) is 0 Å². The van der Waals surface area contributed by atoms with Crippen molar-refractivity contribution in [3.8, 4) is 0 Å². The molecule has 0 fully saturated rings. The molecule has 0 spiro atoms. The number of hydrogen-bond acceptors (Lipinski definition) is 1. The monoisotopic (exact) mass is 196 g/mol. The van der Waals surface area contributed by atoms with Gasteiger partial charge in [0.25, 0.3) is 0 Å². The first-order valence-electron chi connectivity index (χ1n) is 5.17. The highest BCUT2D eigenvalue weighted by atomic mass is 16.3. The number of rotatable bonds is 0. The highest BCUT2D eigenvalue weighted by Crippen LogP contribution is 2.29. The Morgan fingerprint density at radius 3 is 2.80 bits per heavy atom. The number of hydrogen-bond donors (Lipinski definition) is 1. The zero-order chi connectivity index (χ0) is 10.3. The van der Waals surface area contributed by atoms with Gasteiger partial charge in [-0.1, -0.05) is 42.5 Å².